The number of nitrogens with one attached hydrogen (secondary N) is 1. The van der Waals surface area contributed by atoms with E-state index in [0.717, 1.165) is 17.1 Å². The zero-order valence-corrected chi connectivity index (χ0v) is 25.4. The summed E-state index contributed by atoms with van der Waals surface area (Å²) in [5.41, 5.74) is 0.828. The average molecular weight is 625 g/mol. The summed E-state index contributed by atoms with van der Waals surface area (Å²) in [4.78, 5) is 28.7. The molecule has 3 aromatic carbocycles. The van der Waals surface area contributed by atoms with Crippen LogP contribution in [0.15, 0.2) is 77.7 Å². The van der Waals surface area contributed by atoms with Crippen LogP contribution in [0, 0.1) is 0 Å². The lowest BCUT2D eigenvalue weighted by Crippen LogP contribution is -2.52. The SMILES string of the molecule is CCCCNC(=O)C(CC)N(Cc1ccc(Cl)cc1Cl)C(=O)CN(c1ccc(Cl)cc1)S(=O)(=O)c1ccccc1. The van der Waals surface area contributed by atoms with Crippen LogP contribution in [-0.4, -0.2) is 44.3 Å². The van der Waals surface area contributed by atoms with Gasteiger partial charge in [-0.3, -0.25) is 13.9 Å². The van der Waals surface area contributed by atoms with E-state index in [9.17, 15) is 18.0 Å². The van der Waals surface area contributed by atoms with Crippen molar-refractivity contribution < 1.29 is 18.0 Å². The van der Waals surface area contributed by atoms with Crippen LogP contribution in [0.4, 0.5) is 5.69 Å². The molecule has 0 aromatic heterocycles. The predicted molar refractivity (Wildman–Crippen MR) is 161 cm³/mol. The summed E-state index contributed by atoms with van der Waals surface area (Å²) in [6, 6.07) is 18.0. The molecule has 7 nitrogen and oxygen atoms in total. The fourth-order valence-corrected chi connectivity index (χ4v) is 6.14. The number of hydrogen-bond acceptors (Lipinski definition) is 4. The van der Waals surface area contributed by atoms with Crippen molar-refractivity contribution >= 4 is 62.3 Å². The van der Waals surface area contributed by atoms with E-state index in [-0.39, 0.29) is 23.0 Å². The Morgan fingerprint density at radius 1 is 0.900 bits per heavy atom. The molecule has 1 atom stereocenters. The number of rotatable bonds is 13. The van der Waals surface area contributed by atoms with Crippen LogP contribution >= 0.6 is 34.8 Å². The van der Waals surface area contributed by atoms with Crippen molar-refractivity contribution in [1.82, 2.24) is 10.2 Å². The van der Waals surface area contributed by atoms with Crippen LogP contribution in [0.2, 0.25) is 15.1 Å². The lowest BCUT2D eigenvalue weighted by atomic mass is 10.1. The highest BCUT2D eigenvalue weighted by molar-refractivity contribution is 7.92. The van der Waals surface area contributed by atoms with Crippen LogP contribution in [0.3, 0.4) is 0 Å². The van der Waals surface area contributed by atoms with E-state index in [1.807, 2.05) is 6.92 Å². The molecule has 1 unspecified atom stereocenters. The fourth-order valence-electron chi connectivity index (χ4n) is 4.11. The number of unbranched alkanes of at least 4 members (excludes halogenated alkanes) is 1. The third-order valence-corrected chi connectivity index (χ3v) is 8.92. The van der Waals surface area contributed by atoms with Crippen molar-refractivity contribution in [3.05, 3.63) is 93.4 Å². The van der Waals surface area contributed by atoms with Gasteiger partial charge in [-0.25, -0.2) is 8.42 Å². The zero-order valence-electron chi connectivity index (χ0n) is 22.3. The Kier molecular flexibility index (Phi) is 11.7. The smallest absolute Gasteiger partial charge is 0.264 e. The highest BCUT2D eigenvalue weighted by Gasteiger charge is 2.33. The molecule has 3 rings (SSSR count). The molecule has 2 amide bonds. The predicted octanol–water partition coefficient (Wildman–Crippen LogP) is 6.57. The first-order valence-corrected chi connectivity index (χ1v) is 15.5. The van der Waals surface area contributed by atoms with E-state index in [1.165, 1.54) is 29.2 Å². The van der Waals surface area contributed by atoms with Gasteiger partial charge in [0.2, 0.25) is 11.8 Å². The first kappa shape index (κ1) is 31.7. The van der Waals surface area contributed by atoms with E-state index in [1.54, 1.807) is 55.5 Å². The first-order chi connectivity index (χ1) is 19.1. The molecule has 0 saturated carbocycles. The summed E-state index contributed by atoms with van der Waals surface area (Å²) in [7, 11) is -4.15. The lowest BCUT2D eigenvalue weighted by molar-refractivity contribution is -0.140. The van der Waals surface area contributed by atoms with Gasteiger partial charge in [0, 0.05) is 28.2 Å². The Morgan fingerprint density at radius 3 is 2.15 bits per heavy atom. The number of amides is 2. The lowest BCUT2D eigenvalue weighted by Gasteiger charge is -2.33. The third kappa shape index (κ3) is 8.13. The zero-order chi connectivity index (χ0) is 29.3. The van der Waals surface area contributed by atoms with Crippen molar-refractivity contribution in [3.8, 4) is 0 Å². The van der Waals surface area contributed by atoms with Gasteiger partial charge in [-0.2, -0.15) is 0 Å². The van der Waals surface area contributed by atoms with Gasteiger partial charge in [-0.05, 0) is 66.9 Å². The molecule has 0 aliphatic heterocycles. The summed E-state index contributed by atoms with van der Waals surface area (Å²) in [6.45, 7) is 3.71. The molecule has 1 N–H and O–H groups in total. The monoisotopic (exact) mass is 623 g/mol. The van der Waals surface area contributed by atoms with Gasteiger partial charge in [-0.15, -0.1) is 0 Å². The number of halogens is 3. The molecule has 0 radical (unpaired) electrons. The molecule has 3 aromatic rings. The molecule has 0 bridgehead atoms. The molecule has 0 aliphatic rings. The first-order valence-electron chi connectivity index (χ1n) is 12.9. The van der Waals surface area contributed by atoms with Crippen LogP contribution in [0.25, 0.3) is 0 Å². The van der Waals surface area contributed by atoms with Crippen LogP contribution < -0.4 is 9.62 Å². The Morgan fingerprint density at radius 2 is 1.55 bits per heavy atom. The Hall–Kier alpha value is -2.78. The average Bonchev–Trinajstić information content (AvgIpc) is 2.93. The minimum atomic E-state index is -4.15. The van der Waals surface area contributed by atoms with E-state index >= 15 is 0 Å². The number of hydrogen-bond donors (Lipinski definition) is 1. The molecule has 0 heterocycles. The Balaban J connectivity index is 2.04. The number of sulfonamides is 1. The second-order valence-electron chi connectivity index (χ2n) is 9.13. The van der Waals surface area contributed by atoms with Gasteiger partial charge in [0.15, 0.2) is 0 Å². The van der Waals surface area contributed by atoms with Crippen molar-refractivity contribution in [1.29, 1.82) is 0 Å². The van der Waals surface area contributed by atoms with Gasteiger partial charge in [0.1, 0.15) is 12.6 Å². The number of carbonyl (C=O) groups is 2. The highest BCUT2D eigenvalue weighted by Crippen LogP contribution is 2.27. The number of nitrogens with zero attached hydrogens (tertiary/aromatic N) is 2. The summed E-state index contributed by atoms with van der Waals surface area (Å²) in [5.74, 6) is -0.892. The molecule has 214 valence electrons. The van der Waals surface area contributed by atoms with Crippen molar-refractivity contribution in [2.24, 2.45) is 0 Å². The van der Waals surface area contributed by atoms with Gasteiger partial charge >= 0.3 is 0 Å². The fraction of sp³-hybridized carbons (Fsp3) is 0.310. The Labute approximate surface area is 251 Å². The largest absolute Gasteiger partial charge is 0.354 e. The maximum atomic E-state index is 14.0. The van der Waals surface area contributed by atoms with Crippen LogP contribution in [-0.2, 0) is 26.2 Å². The molecule has 11 heteroatoms. The second kappa shape index (κ2) is 14.7. The van der Waals surface area contributed by atoms with E-state index in [4.69, 9.17) is 34.8 Å². The quantitative estimate of drug-likeness (QED) is 0.218. The minimum absolute atomic E-state index is 0.0195. The summed E-state index contributed by atoms with van der Waals surface area (Å²) < 4.78 is 28.6. The normalized spacial score (nSPS) is 12.0. The molecule has 0 fully saturated rings. The summed E-state index contributed by atoms with van der Waals surface area (Å²) in [6.07, 6.45) is 1.99. The number of carbonyl (C=O) groups excluding carboxylic acids is 2. The summed E-state index contributed by atoms with van der Waals surface area (Å²) >= 11 is 18.6. The second-order valence-corrected chi connectivity index (χ2v) is 12.3. The van der Waals surface area contributed by atoms with Gasteiger partial charge in [-0.1, -0.05) is 79.3 Å². The Bertz CT molecular complexity index is 1400. The highest BCUT2D eigenvalue weighted by atomic mass is 35.5. The molecular formula is C29H32Cl3N3O4S. The molecule has 0 saturated heterocycles. The minimum Gasteiger partial charge on any atom is -0.354 e. The van der Waals surface area contributed by atoms with Gasteiger partial charge in [0.25, 0.3) is 10.0 Å². The number of anilines is 1. The maximum absolute atomic E-state index is 14.0. The van der Waals surface area contributed by atoms with Crippen LogP contribution in [0.1, 0.15) is 38.7 Å². The van der Waals surface area contributed by atoms with Crippen LogP contribution in [0.5, 0.6) is 0 Å². The number of benzene rings is 3. The maximum Gasteiger partial charge on any atom is 0.264 e. The van der Waals surface area contributed by atoms with Gasteiger partial charge < -0.3 is 10.2 Å². The molecule has 40 heavy (non-hydrogen) atoms. The van der Waals surface area contributed by atoms with E-state index < -0.39 is 28.5 Å². The van der Waals surface area contributed by atoms with E-state index in [2.05, 4.69) is 5.32 Å². The summed E-state index contributed by atoms with van der Waals surface area (Å²) in [5, 5.41) is 4.07. The van der Waals surface area contributed by atoms with E-state index in [0.29, 0.717) is 33.6 Å². The molecule has 0 aliphatic carbocycles. The third-order valence-electron chi connectivity index (χ3n) is 6.30. The molecule has 0 spiro atoms. The van der Waals surface area contributed by atoms with Crippen molar-refractivity contribution in [3.63, 3.8) is 0 Å². The van der Waals surface area contributed by atoms with Crippen molar-refractivity contribution in [2.45, 2.75) is 50.6 Å². The molecular weight excluding hydrogens is 593 g/mol. The van der Waals surface area contributed by atoms with Gasteiger partial charge in [0.05, 0.1) is 10.6 Å². The topological polar surface area (TPSA) is 86.8 Å². The standard InChI is InChI=1S/C29H32Cl3N3O4S/c1-3-5-17-33-29(37)27(4-2)34(19-21-11-12-23(31)18-26(21)32)28(36)20-35(24-15-13-22(30)14-16-24)40(38,39)25-9-7-6-8-10-25/h6-16,18,27H,3-5,17,19-20H2,1-2H3,(H,33,37). The van der Waals surface area contributed by atoms with Crippen molar-refractivity contribution in [2.75, 3.05) is 17.4 Å².